The monoisotopic (exact) mass is 420 g/mol. The van der Waals surface area contributed by atoms with Crippen LogP contribution in [0.4, 0.5) is 0 Å². The van der Waals surface area contributed by atoms with Crippen LogP contribution in [0, 0.1) is 22.7 Å². The van der Waals surface area contributed by atoms with Gasteiger partial charge < -0.3 is 19.4 Å². The smallest absolute Gasteiger partial charge is 0.158 e. The number of ether oxygens (including phenoxy) is 2. The van der Waals surface area contributed by atoms with Gasteiger partial charge in [-0.25, -0.2) is 0 Å². The fourth-order valence-corrected chi connectivity index (χ4v) is 7.09. The highest BCUT2D eigenvalue weighted by atomic mass is 16.7. The average Bonchev–Trinajstić information content (AvgIpc) is 2.68. The standard InChI is InChI=1S/C26H44O4/c1-24(2)14-8-15-25(3)21(24)13-16-26(4,28)22(25)12-11-20(9-7-17-27)19-30-23-10-5-6-18-29-23/h9,17,21-23,28H,5-8,10-16,18-19H2,1-4H3/b20-9-/t21-,22+,23?,25-,26+/m0/s1. The molecule has 0 spiro atoms. The summed E-state index contributed by atoms with van der Waals surface area (Å²) in [4.78, 5) is 11.0. The van der Waals surface area contributed by atoms with Crippen molar-refractivity contribution in [3.05, 3.63) is 11.6 Å². The van der Waals surface area contributed by atoms with Crippen molar-refractivity contribution in [2.24, 2.45) is 22.7 Å². The molecular formula is C26H44O4. The van der Waals surface area contributed by atoms with Gasteiger partial charge in [0.15, 0.2) is 6.29 Å². The Bertz CT molecular complexity index is 602. The maximum atomic E-state index is 11.4. The van der Waals surface area contributed by atoms with Crippen LogP contribution in [0.5, 0.6) is 0 Å². The van der Waals surface area contributed by atoms with E-state index < -0.39 is 5.60 Å². The first-order chi connectivity index (χ1) is 14.2. The van der Waals surface area contributed by atoms with Gasteiger partial charge in [0.1, 0.15) is 6.29 Å². The lowest BCUT2D eigenvalue weighted by molar-refractivity contribution is -0.170. The Labute approximate surface area is 183 Å². The highest BCUT2D eigenvalue weighted by molar-refractivity contribution is 5.52. The van der Waals surface area contributed by atoms with Gasteiger partial charge in [-0.2, -0.15) is 0 Å². The van der Waals surface area contributed by atoms with E-state index >= 15 is 0 Å². The highest BCUT2D eigenvalue weighted by Crippen LogP contribution is 2.63. The van der Waals surface area contributed by atoms with Crippen molar-refractivity contribution in [2.75, 3.05) is 13.2 Å². The first kappa shape index (κ1) is 23.9. The van der Waals surface area contributed by atoms with Gasteiger partial charge in [-0.05, 0) is 93.0 Å². The van der Waals surface area contributed by atoms with Gasteiger partial charge in [0.2, 0.25) is 0 Å². The second-order valence-electron chi connectivity index (χ2n) is 11.3. The molecule has 1 N–H and O–H groups in total. The van der Waals surface area contributed by atoms with E-state index in [1.807, 2.05) is 6.08 Å². The van der Waals surface area contributed by atoms with Gasteiger partial charge in [0.25, 0.3) is 0 Å². The number of hydrogen-bond donors (Lipinski definition) is 1. The largest absolute Gasteiger partial charge is 0.390 e. The van der Waals surface area contributed by atoms with Crippen molar-refractivity contribution in [3.63, 3.8) is 0 Å². The molecule has 2 saturated carbocycles. The minimum Gasteiger partial charge on any atom is -0.390 e. The van der Waals surface area contributed by atoms with Crippen LogP contribution < -0.4 is 0 Å². The summed E-state index contributed by atoms with van der Waals surface area (Å²) in [5.41, 5.74) is 1.07. The lowest BCUT2D eigenvalue weighted by Crippen LogP contribution is -2.57. The number of hydrogen-bond acceptors (Lipinski definition) is 4. The number of allylic oxidation sites excluding steroid dienone is 1. The van der Waals surface area contributed by atoms with Crippen LogP contribution >= 0.6 is 0 Å². The van der Waals surface area contributed by atoms with Gasteiger partial charge in [0.05, 0.1) is 12.2 Å². The minimum absolute atomic E-state index is 0.114. The first-order valence-corrected chi connectivity index (χ1v) is 12.3. The van der Waals surface area contributed by atoms with Gasteiger partial charge in [-0.15, -0.1) is 0 Å². The van der Waals surface area contributed by atoms with Crippen LogP contribution in [0.3, 0.4) is 0 Å². The van der Waals surface area contributed by atoms with Crippen molar-refractivity contribution >= 4 is 6.29 Å². The fourth-order valence-electron chi connectivity index (χ4n) is 7.09. The van der Waals surface area contributed by atoms with Gasteiger partial charge in [-0.1, -0.05) is 33.3 Å². The van der Waals surface area contributed by atoms with E-state index in [0.29, 0.717) is 24.4 Å². The molecular weight excluding hydrogens is 376 g/mol. The number of aliphatic hydroxyl groups is 1. The minimum atomic E-state index is -0.623. The lowest BCUT2D eigenvalue weighted by atomic mass is 9.45. The molecule has 1 aliphatic heterocycles. The summed E-state index contributed by atoms with van der Waals surface area (Å²) in [6.45, 7) is 10.7. The molecule has 3 rings (SSSR count). The summed E-state index contributed by atoms with van der Waals surface area (Å²) in [5.74, 6) is 0.937. The van der Waals surface area contributed by atoms with Crippen LogP contribution in [0.1, 0.15) is 98.3 Å². The fraction of sp³-hybridized carbons (Fsp3) is 0.885. The summed E-state index contributed by atoms with van der Waals surface area (Å²) in [6, 6.07) is 0. The Hall–Kier alpha value is -0.710. The van der Waals surface area contributed by atoms with Crippen molar-refractivity contribution in [1.82, 2.24) is 0 Å². The van der Waals surface area contributed by atoms with E-state index in [0.717, 1.165) is 57.8 Å². The molecule has 4 heteroatoms. The van der Waals surface area contributed by atoms with E-state index in [1.54, 1.807) is 0 Å². The molecule has 1 saturated heterocycles. The molecule has 30 heavy (non-hydrogen) atoms. The highest BCUT2D eigenvalue weighted by Gasteiger charge is 2.57. The molecule has 0 radical (unpaired) electrons. The van der Waals surface area contributed by atoms with Crippen molar-refractivity contribution in [1.29, 1.82) is 0 Å². The third kappa shape index (κ3) is 5.37. The lowest BCUT2D eigenvalue weighted by Gasteiger charge is -2.61. The SMILES string of the molecule is CC1(C)CCC[C@]2(C)[C@@H](CC/C(=C/CC=O)COC3CCCCO3)[C@](C)(O)CC[C@@H]12. The number of fused-ring (bicyclic) bond motifs is 1. The van der Waals surface area contributed by atoms with Crippen LogP contribution in [0.25, 0.3) is 0 Å². The van der Waals surface area contributed by atoms with Crippen LogP contribution in [-0.2, 0) is 14.3 Å². The zero-order chi connectivity index (χ0) is 21.8. The molecule has 0 aromatic carbocycles. The van der Waals surface area contributed by atoms with Crippen molar-refractivity contribution in [2.45, 2.75) is 110 Å². The number of aldehydes is 1. The molecule has 3 aliphatic rings. The number of carbonyl (C=O) groups excluding carboxylic acids is 1. The molecule has 3 fully saturated rings. The van der Waals surface area contributed by atoms with Crippen LogP contribution in [0.15, 0.2) is 11.6 Å². The molecule has 0 amide bonds. The van der Waals surface area contributed by atoms with E-state index in [2.05, 4.69) is 27.7 Å². The van der Waals surface area contributed by atoms with Gasteiger partial charge in [-0.3, -0.25) is 0 Å². The molecule has 5 atom stereocenters. The molecule has 1 unspecified atom stereocenters. The molecule has 0 bridgehead atoms. The zero-order valence-electron chi connectivity index (χ0n) is 19.8. The van der Waals surface area contributed by atoms with E-state index in [1.165, 1.54) is 24.8 Å². The van der Waals surface area contributed by atoms with E-state index in [9.17, 15) is 9.90 Å². The molecule has 4 nitrogen and oxygen atoms in total. The second kappa shape index (κ2) is 9.83. The van der Waals surface area contributed by atoms with Crippen LogP contribution in [0.2, 0.25) is 0 Å². The van der Waals surface area contributed by atoms with Crippen molar-refractivity contribution < 1.29 is 19.4 Å². The van der Waals surface area contributed by atoms with Gasteiger partial charge >= 0.3 is 0 Å². The maximum Gasteiger partial charge on any atom is 0.158 e. The Morgan fingerprint density at radius 3 is 2.60 bits per heavy atom. The third-order valence-electron chi connectivity index (χ3n) is 8.61. The second-order valence-corrected chi connectivity index (χ2v) is 11.3. The Kier molecular flexibility index (Phi) is 7.85. The van der Waals surface area contributed by atoms with Gasteiger partial charge in [0, 0.05) is 13.0 Å². The Balaban J connectivity index is 1.69. The summed E-state index contributed by atoms with van der Waals surface area (Å²) in [6.07, 6.45) is 14.1. The molecule has 0 aromatic heterocycles. The molecule has 0 aromatic rings. The average molecular weight is 421 g/mol. The predicted octanol–water partition coefficient (Wildman–Crippen LogP) is 5.82. The van der Waals surface area contributed by atoms with E-state index in [-0.39, 0.29) is 17.6 Å². The maximum absolute atomic E-state index is 11.4. The quantitative estimate of drug-likeness (QED) is 0.397. The summed E-state index contributed by atoms with van der Waals surface area (Å²) < 4.78 is 11.7. The van der Waals surface area contributed by atoms with Crippen LogP contribution in [-0.4, -0.2) is 36.5 Å². The summed E-state index contributed by atoms with van der Waals surface area (Å²) in [5, 5.41) is 11.4. The predicted molar refractivity (Wildman–Crippen MR) is 120 cm³/mol. The normalized spacial score (nSPS) is 39.4. The molecule has 2 aliphatic carbocycles. The zero-order valence-corrected chi connectivity index (χ0v) is 19.8. The molecule has 172 valence electrons. The first-order valence-electron chi connectivity index (χ1n) is 12.3. The number of rotatable bonds is 8. The Morgan fingerprint density at radius 1 is 1.10 bits per heavy atom. The van der Waals surface area contributed by atoms with Crippen molar-refractivity contribution in [3.8, 4) is 0 Å². The molecule has 1 heterocycles. The summed E-state index contributed by atoms with van der Waals surface area (Å²) >= 11 is 0. The number of carbonyl (C=O) groups is 1. The Morgan fingerprint density at radius 2 is 1.90 bits per heavy atom. The topological polar surface area (TPSA) is 55.8 Å². The van der Waals surface area contributed by atoms with E-state index in [4.69, 9.17) is 9.47 Å². The third-order valence-corrected chi connectivity index (χ3v) is 8.61. The summed E-state index contributed by atoms with van der Waals surface area (Å²) in [7, 11) is 0.